The van der Waals surface area contributed by atoms with Crippen LogP contribution in [-0.2, 0) is 9.53 Å². The van der Waals surface area contributed by atoms with Crippen molar-refractivity contribution in [3.05, 3.63) is 0 Å². The number of esters is 1. The molecule has 0 N–H and O–H groups in total. The summed E-state index contributed by atoms with van der Waals surface area (Å²) in [6.45, 7) is 4.89. The van der Waals surface area contributed by atoms with E-state index in [4.69, 9.17) is 4.74 Å². The van der Waals surface area contributed by atoms with E-state index in [-0.39, 0.29) is 11.9 Å². The minimum Gasteiger partial charge on any atom is -0.469 e. The Labute approximate surface area is 92.2 Å². The minimum absolute atomic E-state index is 0.0177. The Morgan fingerprint density at radius 2 is 2.27 bits per heavy atom. The Balaban J connectivity index is 2.32. The summed E-state index contributed by atoms with van der Waals surface area (Å²) in [5.74, 6) is -0.126. The van der Waals surface area contributed by atoms with Crippen LogP contribution >= 0.6 is 0 Å². The van der Waals surface area contributed by atoms with E-state index in [9.17, 15) is 4.79 Å². The molecule has 1 rings (SSSR count). The molecule has 4 nitrogen and oxygen atoms in total. The van der Waals surface area contributed by atoms with Crippen molar-refractivity contribution in [3.8, 4) is 0 Å². The Morgan fingerprint density at radius 1 is 1.60 bits per heavy atom. The molecular weight excluding hydrogens is 192 g/mol. The quantitative estimate of drug-likeness (QED) is 0.635. The van der Waals surface area contributed by atoms with Gasteiger partial charge in [0.05, 0.1) is 13.0 Å². The summed E-state index contributed by atoms with van der Waals surface area (Å²) in [5, 5.41) is 0. The molecule has 0 spiro atoms. The van der Waals surface area contributed by atoms with Crippen LogP contribution in [0.4, 0.5) is 0 Å². The van der Waals surface area contributed by atoms with Crippen molar-refractivity contribution in [1.29, 1.82) is 0 Å². The fourth-order valence-corrected chi connectivity index (χ4v) is 2.06. The lowest BCUT2D eigenvalue weighted by molar-refractivity contribution is -0.145. The van der Waals surface area contributed by atoms with Gasteiger partial charge in [0.25, 0.3) is 0 Å². The van der Waals surface area contributed by atoms with Crippen molar-refractivity contribution in [1.82, 2.24) is 9.80 Å². The highest BCUT2D eigenvalue weighted by molar-refractivity contribution is 5.72. The number of methoxy groups -OCH3 is 1. The lowest BCUT2D eigenvalue weighted by Crippen LogP contribution is -2.35. The van der Waals surface area contributed by atoms with Gasteiger partial charge in [-0.3, -0.25) is 4.79 Å². The largest absolute Gasteiger partial charge is 0.469 e. The van der Waals surface area contributed by atoms with Crippen LogP contribution in [0.5, 0.6) is 0 Å². The number of carbonyl (C=O) groups is 1. The molecule has 0 radical (unpaired) electrons. The van der Waals surface area contributed by atoms with E-state index in [1.165, 1.54) is 13.5 Å². The first-order valence-corrected chi connectivity index (χ1v) is 5.51. The number of nitrogens with zero attached hydrogens (tertiary/aromatic N) is 2. The Bertz CT molecular complexity index is 219. The number of rotatable bonds is 4. The van der Waals surface area contributed by atoms with E-state index < -0.39 is 0 Å². The summed E-state index contributed by atoms with van der Waals surface area (Å²) in [4.78, 5) is 15.8. The number of likely N-dealkylation sites (N-methyl/N-ethyl adjacent to an activating group) is 1. The van der Waals surface area contributed by atoms with E-state index in [1.807, 2.05) is 6.92 Å². The van der Waals surface area contributed by atoms with Crippen LogP contribution in [0.25, 0.3) is 0 Å². The maximum Gasteiger partial charge on any atom is 0.309 e. The highest BCUT2D eigenvalue weighted by atomic mass is 16.5. The van der Waals surface area contributed by atoms with Gasteiger partial charge in [-0.05, 0) is 27.1 Å². The molecule has 88 valence electrons. The first kappa shape index (κ1) is 12.5. The highest BCUT2D eigenvalue weighted by Crippen LogP contribution is 2.15. The third kappa shape index (κ3) is 3.47. The van der Waals surface area contributed by atoms with E-state index in [1.54, 1.807) is 0 Å². The first-order valence-electron chi connectivity index (χ1n) is 5.51. The molecule has 1 fully saturated rings. The minimum atomic E-state index is -0.108. The van der Waals surface area contributed by atoms with Crippen molar-refractivity contribution >= 4 is 5.97 Å². The van der Waals surface area contributed by atoms with Crippen molar-refractivity contribution < 1.29 is 9.53 Å². The second-order valence-corrected chi connectivity index (χ2v) is 4.59. The zero-order chi connectivity index (χ0) is 11.4. The lowest BCUT2D eigenvalue weighted by Gasteiger charge is -2.21. The summed E-state index contributed by atoms with van der Waals surface area (Å²) < 4.78 is 4.72. The summed E-state index contributed by atoms with van der Waals surface area (Å²) >= 11 is 0. The van der Waals surface area contributed by atoms with Gasteiger partial charge < -0.3 is 14.5 Å². The molecule has 0 amide bonds. The van der Waals surface area contributed by atoms with Crippen LogP contribution in [-0.4, -0.2) is 62.7 Å². The van der Waals surface area contributed by atoms with Gasteiger partial charge >= 0.3 is 5.97 Å². The molecule has 0 aliphatic carbocycles. The third-order valence-electron chi connectivity index (χ3n) is 3.11. The van der Waals surface area contributed by atoms with Crippen molar-refractivity contribution in [3.63, 3.8) is 0 Å². The second kappa shape index (κ2) is 5.47. The van der Waals surface area contributed by atoms with Gasteiger partial charge in [0.1, 0.15) is 0 Å². The van der Waals surface area contributed by atoms with E-state index in [0.29, 0.717) is 6.04 Å². The maximum absolute atomic E-state index is 11.3. The van der Waals surface area contributed by atoms with Crippen LogP contribution < -0.4 is 0 Å². The van der Waals surface area contributed by atoms with Crippen LogP contribution in [0.2, 0.25) is 0 Å². The number of carbonyl (C=O) groups excluding carboxylic acids is 1. The van der Waals surface area contributed by atoms with Gasteiger partial charge in [0.15, 0.2) is 0 Å². The smallest absolute Gasteiger partial charge is 0.309 e. The zero-order valence-corrected chi connectivity index (χ0v) is 10.2. The summed E-state index contributed by atoms with van der Waals surface area (Å²) in [5.41, 5.74) is 0. The first-order chi connectivity index (χ1) is 7.04. The molecule has 15 heavy (non-hydrogen) atoms. The fraction of sp³-hybridized carbons (Fsp3) is 0.909. The van der Waals surface area contributed by atoms with E-state index >= 15 is 0 Å². The molecule has 0 aromatic rings. The van der Waals surface area contributed by atoms with E-state index in [0.717, 1.165) is 19.6 Å². The molecule has 0 aromatic heterocycles. The molecule has 1 aliphatic heterocycles. The Morgan fingerprint density at radius 3 is 2.73 bits per heavy atom. The maximum atomic E-state index is 11.3. The standard InChI is InChI=1S/C11H22N2O2/c1-9(11(14)15-4)7-13-6-5-10(8-13)12(2)3/h9-10H,5-8H2,1-4H3. The summed E-state index contributed by atoms with van der Waals surface area (Å²) in [7, 11) is 5.67. The van der Waals surface area contributed by atoms with Gasteiger partial charge in [-0.15, -0.1) is 0 Å². The monoisotopic (exact) mass is 214 g/mol. The molecule has 4 heteroatoms. The molecule has 1 saturated heterocycles. The van der Waals surface area contributed by atoms with Gasteiger partial charge in [-0.25, -0.2) is 0 Å². The summed E-state index contributed by atoms with van der Waals surface area (Å²) in [6, 6.07) is 0.634. The molecule has 0 aromatic carbocycles. The number of hydrogen-bond acceptors (Lipinski definition) is 4. The highest BCUT2D eigenvalue weighted by Gasteiger charge is 2.26. The van der Waals surface area contributed by atoms with Crippen LogP contribution in [0.3, 0.4) is 0 Å². The predicted octanol–water partition coefficient (Wildman–Crippen LogP) is 0.431. The van der Waals surface area contributed by atoms with Crippen LogP contribution in [0.15, 0.2) is 0 Å². The molecular formula is C11H22N2O2. The number of ether oxygens (including phenoxy) is 1. The SMILES string of the molecule is COC(=O)C(C)CN1CCC(N(C)C)C1. The fourth-order valence-electron chi connectivity index (χ4n) is 2.06. The van der Waals surface area contributed by atoms with Gasteiger partial charge in [0, 0.05) is 19.1 Å². The average molecular weight is 214 g/mol. The molecule has 0 bridgehead atoms. The predicted molar refractivity (Wildman–Crippen MR) is 59.7 cm³/mol. The summed E-state index contributed by atoms with van der Waals surface area (Å²) in [6.07, 6.45) is 1.20. The van der Waals surface area contributed by atoms with Gasteiger partial charge in [-0.2, -0.15) is 0 Å². The molecule has 2 unspecified atom stereocenters. The molecule has 2 atom stereocenters. The third-order valence-corrected chi connectivity index (χ3v) is 3.11. The van der Waals surface area contributed by atoms with Gasteiger partial charge in [0.2, 0.25) is 0 Å². The molecule has 1 heterocycles. The Kier molecular flexibility index (Phi) is 4.54. The molecule has 1 aliphatic rings. The van der Waals surface area contributed by atoms with Crippen molar-refractivity contribution in [2.24, 2.45) is 5.92 Å². The molecule has 0 saturated carbocycles. The normalized spacial score (nSPS) is 24.5. The number of likely N-dealkylation sites (tertiary alicyclic amines) is 1. The lowest BCUT2D eigenvalue weighted by atomic mass is 10.2. The topological polar surface area (TPSA) is 32.8 Å². The average Bonchev–Trinajstić information content (AvgIpc) is 2.65. The van der Waals surface area contributed by atoms with Gasteiger partial charge in [-0.1, -0.05) is 6.92 Å². The van der Waals surface area contributed by atoms with E-state index in [2.05, 4.69) is 23.9 Å². The van der Waals surface area contributed by atoms with Crippen molar-refractivity contribution in [2.75, 3.05) is 40.8 Å². The van der Waals surface area contributed by atoms with Crippen LogP contribution in [0, 0.1) is 5.92 Å². The van der Waals surface area contributed by atoms with Crippen molar-refractivity contribution in [2.45, 2.75) is 19.4 Å². The Hall–Kier alpha value is -0.610. The van der Waals surface area contributed by atoms with Crippen LogP contribution in [0.1, 0.15) is 13.3 Å². The number of hydrogen-bond donors (Lipinski definition) is 0. The zero-order valence-electron chi connectivity index (χ0n) is 10.2. The second-order valence-electron chi connectivity index (χ2n) is 4.59.